The van der Waals surface area contributed by atoms with E-state index in [0.29, 0.717) is 26.3 Å². The van der Waals surface area contributed by atoms with E-state index in [1.165, 1.54) is 4.90 Å². The first-order valence-corrected chi connectivity index (χ1v) is 4.23. The molecule has 0 aliphatic carbocycles. The number of likely N-dealkylation sites (N-methyl/N-ethyl adjacent to an activating group) is 1. The summed E-state index contributed by atoms with van der Waals surface area (Å²) in [5.41, 5.74) is 0. The SMILES string of the molecule is CCOCCN(CC)C(=O)C(=O)O. The lowest BCUT2D eigenvalue weighted by atomic mass is 10.4. The van der Waals surface area contributed by atoms with Crippen molar-refractivity contribution in [2.45, 2.75) is 13.8 Å². The monoisotopic (exact) mass is 189 g/mol. The summed E-state index contributed by atoms with van der Waals surface area (Å²) < 4.78 is 5.01. The smallest absolute Gasteiger partial charge is 0.394 e. The Morgan fingerprint density at radius 1 is 1.38 bits per heavy atom. The number of hydrogen-bond donors (Lipinski definition) is 1. The van der Waals surface area contributed by atoms with Crippen LogP contribution in [0.4, 0.5) is 0 Å². The van der Waals surface area contributed by atoms with Gasteiger partial charge in [0.1, 0.15) is 0 Å². The topological polar surface area (TPSA) is 66.8 Å². The molecule has 0 rings (SSSR count). The van der Waals surface area contributed by atoms with Gasteiger partial charge in [-0.2, -0.15) is 0 Å². The van der Waals surface area contributed by atoms with Crippen LogP contribution in [0.3, 0.4) is 0 Å². The molecule has 0 saturated heterocycles. The molecule has 0 atom stereocenters. The van der Waals surface area contributed by atoms with E-state index in [2.05, 4.69) is 0 Å². The van der Waals surface area contributed by atoms with Gasteiger partial charge in [-0.1, -0.05) is 0 Å². The molecule has 0 aliphatic heterocycles. The quantitative estimate of drug-likeness (QED) is 0.486. The fourth-order valence-electron chi connectivity index (χ4n) is 0.858. The number of carboxylic acids is 1. The fourth-order valence-corrected chi connectivity index (χ4v) is 0.858. The van der Waals surface area contributed by atoms with Crippen LogP contribution >= 0.6 is 0 Å². The highest BCUT2D eigenvalue weighted by molar-refractivity contribution is 6.31. The van der Waals surface area contributed by atoms with Gasteiger partial charge < -0.3 is 14.7 Å². The van der Waals surface area contributed by atoms with Gasteiger partial charge in [0.2, 0.25) is 0 Å². The Hall–Kier alpha value is -1.10. The van der Waals surface area contributed by atoms with Gasteiger partial charge >= 0.3 is 11.9 Å². The zero-order valence-corrected chi connectivity index (χ0v) is 7.95. The Bertz CT molecular complexity index is 181. The van der Waals surface area contributed by atoms with Gasteiger partial charge in [-0.15, -0.1) is 0 Å². The average Bonchev–Trinajstić information content (AvgIpc) is 2.11. The van der Waals surface area contributed by atoms with Crippen molar-refractivity contribution in [3.8, 4) is 0 Å². The molecular formula is C8H15NO4. The van der Waals surface area contributed by atoms with Gasteiger partial charge in [0.05, 0.1) is 6.61 Å². The molecule has 0 unspecified atom stereocenters. The normalized spacial score (nSPS) is 9.69. The Kier molecular flexibility index (Phi) is 5.88. The van der Waals surface area contributed by atoms with Crippen LogP contribution in [0.2, 0.25) is 0 Å². The Morgan fingerprint density at radius 3 is 2.38 bits per heavy atom. The molecule has 76 valence electrons. The first kappa shape index (κ1) is 11.9. The zero-order valence-electron chi connectivity index (χ0n) is 7.95. The summed E-state index contributed by atoms with van der Waals surface area (Å²) in [7, 11) is 0. The van der Waals surface area contributed by atoms with Crippen LogP contribution in [-0.4, -0.2) is 48.2 Å². The predicted molar refractivity (Wildman–Crippen MR) is 46.4 cm³/mol. The first-order valence-electron chi connectivity index (χ1n) is 4.23. The van der Waals surface area contributed by atoms with E-state index in [0.717, 1.165) is 0 Å². The third kappa shape index (κ3) is 4.47. The molecule has 13 heavy (non-hydrogen) atoms. The Balaban J connectivity index is 3.88. The maximum atomic E-state index is 10.9. The third-order valence-corrected chi connectivity index (χ3v) is 1.56. The van der Waals surface area contributed by atoms with Crippen molar-refractivity contribution in [2.75, 3.05) is 26.3 Å². The van der Waals surface area contributed by atoms with Crippen LogP contribution in [0, 0.1) is 0 Å². The highest BCUT2D eigenvalue weighted by Crippen LogP contribution is 1.90. The van der Waals surface area contributed by atoms with Crippen LogP contribution in [0.15, 0.2) is 0 Å². The van der Waals surface area contributed by atoms with Crippen LogP contribution in [0.5, 0.6) is 0 Å². The van der Waals surface area contributed by atoms with E-state index in [1.807, 2.05) is 6.92 Å². The lowest BCUT2D eigenvalue weighted by Gasteiger charge is -2.17. The van der Waals surface area contributed by atoms with Crippen molar-refractivity contribution in [1.29, 1.82) is 0 Å². The van der Waals surface area contributed by atoms with E-state index in [4.69, 9.17) is 9.84 Å². The second kappa shape index (κ2) is 6.42. The summed E-state index contributed by atoms with van der Waals surface area (Å²) in [5.74, 6) is -2.29. The van der Waals surface area contributed by atoms with Gasteiger partial charge in [0.15, 0.2) is 0 Å². The lowest BCUT2D eigenvalue weighted by Crippen LogP contribution is -2.38. The van der Waals surface area contributed by atoms with Crippen molar-refractivity contribution in [1.82, 2.24) is 4.90 Å². The van der Waals surface area contributed by atoms with Gasteiger partial charge in [-0.25, -0.2) is 4.79 Å². The summed E-state index contributed by atoms with van der Waals surface area (Å²) in [4.78, 5) is 22.5. The van der Waals surface area contributed by atoms with Crippen molar-refractivity contribution in [3.63, 3.8) is 0 Å². The van der Waals surface area contributed by atoms with Crippen LogP contribution in [-0.2, 0) is 14.3 Å². The van der Waals surface area contributed by atoms with Gasteiger partial charge in [0, 0.05) is 19.7 Å². The van der Waals surface area contributed by atoms with Crippen LogP contribution < -0.4 is 0 Å². The molecule has 0 aromatic rings. The van der Waals surface area contributed by atoms with E-state index < -0.39 is 11.9 Å². The molecule has 1 N–H and O–H groups in total. The second-order valence-corrected chi connectivity index (χ2v) is 2.39. The largest absolute Gasteiger partial charge is 0.474 e. The highest BCUT2D eigenvalue weighted by atomic mass is 16.5. The van der Waals surface area contributed by atoms with E-state index in [9.17, 15) is 9.59 Å². The number of aliphatic carboxylic acids is 1. The number of carbonyl (C=O) groups excluding carboxylic acids is 1. The molecule has 0 heterocycles. The first-order chi connectivity index (χ1) is 6.13. The Labute approximate surface area is 77.3 Å². The number of rotatable bonds is 5. The minimum absolute atomic E-state index is 0.329. The summed E-state index contributed by atoms with van der Waals surface area (Å²) in [5, 5.41) is 8.41. The molecule has 0 spiro atoms. The van der Waals surface area contributed by atoms with Crippen molar-refractivity contribution >= 4 is 11.9 Å². The molecular weight excluding hydrogens is 174 g/mol. The molecule has 0 aliphatic rings. The number of carboxylic acid groups (broad SMARTS) is 1. The molecule has 0 aromatic carbocycles. The number of hydrogen-bond acceptors (Lipinski definition) is 3. The molecule has 5 nitrogen and oxygen atoms in total. The van der Waals surface area contributed by atoms with Gasteiger partial charge in [-0.3, -0.25) is 4.79 Å². The zero-order chi connectivity index (χ0) is 10.3. The van der Waals surface area contributed by atoms with E-state index >= 15 is 0 Å². The third-order valence-electron chi connectivity index (χ3n) is 1.56. The van der Waals surface area contributed by atoms with Crippen molar-refractivity contribution < 1.29 is 19.4 Å². The second-order valence-electron chi connectivity index (χ2n) is 2.39. The summed E-state index contributed by atoms with van der Waals surface area (Å²) in [6.45, 7) is 5.23. The van der Waals surface area contributed by atoms with E-state index in [-0.39, 0.29) is 0 Å². The molecule has 0 radical (unpaired) electrons. The van der Waals surface area contributed by atoms with E-state index in [1.54, 1.807) is 6.92 Å². The number of amides is 1. The van der Waals surface area contributed by atoms with Crippen molar-refractivity contribution in [2.24, 2.45) is 0 Å². The summed E-state index contributed by atoms with van der Waals surface area (Å²) >= 11 is 0. The molecule has 0 bridgehead atoms. The summed E-state index contributed by atoms with van der Waals surface area (Å²) in [6.07, 6.45) is 0. The molecule has 0 fully saturated rings. The lowest BCUT2D eigenvalue weighted by molar-refractivity contribution is -0.156. The number of ether oxygens (including phenoxy) is 1. The minimum atomic E-state index is -1.42. The van der Waals surface area contributed by atoms with Gasteiger partial charge in [0.25, 0.3) is 0 Å². The molecule has 1 amide bonds. The predicted octanol–water partition coefficient (Wildman–Crippen LogP) is -0.0440. The highest BCUT2D eigenvalue weighted by Gasteiger charge is 2.18. The maximum Gasteiger partial charge on any atom is 0.394 e. The summed E-state index contributed by atoms with van der Waals surface area (Å²) in [6, 6.07) is 0. The van der Waals surface area contributed by atoms with Crippen LogP contribution in [0.25, 0.3) is 0 Å². The Morgan fingerprint density at radius 2 is 2.00 bits per heavy atom. The average molecular weight is 189 g/mol. The minimum Gasteiger partial charge on any atom is -0.474 e. The standard InChI is InChI=1S/C8H15NO4/c1-3-9(5-6-13-4-2)7(10)8(11)12/h3-6H2,1-2H3,(H,11,12). The van der Waals surface area contributed by atoms with Crippen molar-refractivity contribution in [3.05, 3.63) is 0 Å². The number of carbonyl (C=O) groups is 2. The van der Waals surface area contributed by atoms with Gasteiger partial charge in [-0.05, 0) is 13.8 Å². The fraction of sp³-hybridized carbons (Fsp3) is 0.750. The molecule has 5 heteroatoms. The molecule has 0 saturated carbocycles. The van der Waals surface area contributed by atoms with Crippen LogP contribution in [0.1, 0.15) is 13.8 Å². The maximum absolute atomic E-state index is 10.9. The molecule has 0 aromatic heterocycles. The number of nitrogens with zero attached hydrogens (tertiary/aromatic N) is 1.